The van der Waals surface area contributed by atoms with Crippen molar-refractivity contribution in [1.82, 2.24) is 5.16 Å². The Hall–Kier alpha value is -2.83. The van der Waals surface area contributed by atoms with E-state index in [1.807, 2.05) is 13.8 Å². The Morgan fingerprint density at radius 1 is 1.32 bits per heavy atom. The van der Waals surface area contributed by atoms with Crippen LogP contribution in [-0.2, 0) is 0 Å². The van der Waals surface area contributed by atoms with Gasteiger partial charge in [-0.1, -0.05) is 19.0 Å². The first kappa shape index (κ1) is 15.6. The smallest absolute Gasteiger partial charge is 0.339 e. The average Bonchev–Trinajstić information content (AvgIpc) is 2.97. The number of carboxylic acid groups (broad SMARTS) is 1. The van der Waals surface area contributed by atoms with Crippen LogP contribution in [0.1, 0.15) is 46.4 Å². The molecule has 1 aromatic heterocycles. The van der Waals surface area contributed by atoms with Gasteiger partial charge in [0, 0.05) is 17.8 Å². The van der Waals surface area contributed by atoms with Gasteiger partial charge in [-0.2, -0.15) is 0 Å². The molecule has 0 unspecified atom stereocenters. The first-order chi connectivity index (χ1) is 10.4. The average molecular weight is 304 g/mol. The summed E-state index contributed by atoms with van der Waals surface area (Å²) in [5.74, 6) is -1.17. The van der Waals surface area contributed by atoms with Crippen molar-refractivity contribution in [3.8, 4) is 5.75 Å². The summed E-state index contributed by atoms with van der Waals surface area (Å²) in [4.78, 5) is 23.1. The molecule has 0 fully saturated rings. The molecule has 7 heteroatoms. The van der Waals surface area contributed by atoms with Gasteiger partial charge < -0.3 is 19.7 Å². The fraction of sp³-hybridized carbons (Fsp3) is 0.267. The van der Waals surface area contributed by atoms with Crippen LogP contribution >= 0.6 is 0 Å². The summed E-state index contributed by atoms with van der Waals surface area (Å²) in [5.41, 5.74) is 1.10. The van der Waals surface area contributed by atoms with Crippen molar-refractivity contribution in [2.24, 2.45) is 0 Å². The van der Waals surface area contributed by atoms with Crippen LogP contribution in [0.25, 0.3) is 0 Å². The highest BCUT2D eigenvalue weighted by molar-refractivity contribution is 6.02. The number of ether oxygens (including phenoxy) is 1. The SMILES string of the molecule is COc1cc(NC(=O)c2cc(C(C)C)no2)ccc1C(=O)O. The number of hydrogen-bond donors (Lipinski definition) is 2. The fourth-order valence-corrected chi connectivity index (χ4v) is 1.81. The zero-order valence-corrected chi connectivity index (χ0v) is 12.4. The standard InChI is InChI=1S/C15H16N2O5/c1-8(2)11-7-13(22-17-11)14(18)16-9-4-5-10(15(19)20)12(6-9)21-3/h4-8H,1-3H3,(H,16,18)(H,19,20). The quantitative estimate of drug-likeness (QED) is 0.880. The van der Waals surface area contributed by atoms with E-state index in [4.69, 9.17) is 14.4 Å². The second kappa shape index (κ2) is 6.30. The molecule has 2 N–H and O–H groups in total. The lowest BCUT2D eigenvalue weighted by Gasteiger charge is -2.08. The van der Waals surface area contributed by atoms with Crippen molar-refractivity contribution in [1.29, 1.82) is 0 Å². The number of carbonyl (C=O) groups excluding carboxylic acids is 1. The lowest BCUT2D eigenvalue weighted by Crippen LogP contribution is -2.11. The zero-order valence-electron chi connectivity index (χ0n) is 12.4. The van der Waals surface area contributed by atoms with E-state index >= 15 is 0 Å². The van der Waals surface area contributed by atoms with Crippen molar-refractivity contribution >= 4 is 17.6 Å². The van der Waals surface area contributed by atoms with Crippen LogP contribution in [0, 0.1) is 0 Å². The first-order valence-electron chi connectivity index (χ1n) is 6.61. The van der Waals surface area contributed by atoms with Gasteiger partial charge in [-0.05, 0) is 18.1 Å². The van der Waals surface area contributed by atoms with Gasteiger partial charge in [0.05, 0.1) is 12.8 Å². The topological polar surface area (TPSA) is 102 Å². The highest BCUT2D eigenvalue weighted by Crippen LogP contribution is 2.24. The van der Waals surface area contributed by atoms with Crippen LogP contribution in [0.15, 0.2) is 28.8 Å². The minimum absolute atomic E-state index is 0.0160. The Morgan fingerprint density at radius 3 is 2.59 bits per heavy atom. The third-order valence-corrected chi connectivity index (χ3v) is 3.03. The molecule has 0 spiro atoms. The van der Waals surface area contributed by atoms with Crippen LogP contribution in [0.2, 0.25) is 0 Å². The molecule has 0 aliphatic carbocycles. The Morgan fingerprint density at radius 2 is 2.05 bits per heavy atom. The first-order valence-corrected chi connectivity index (χ1v) is 6.61. The van der Waals surface area contributed by atoms with Crippen LogP contribution in [0.3, 0.4) is 0 Å². The van der Waals surface area contributed by atoms with Gasteiger partial charge in [0.25, 0.3) is 5.91 Å². The maximum absolute atomic E-state index is 12.1. The molecule has 116 valence electrons. The van der Waals surface area contributed by atoms with Gasteiger partial charge in [0.2, 0.25) is 5.76 Å². The number of rotatable bonds is 5. The maximum atomic E-state index is 12.1. The van der Waals surface area contributed by atoms with E-state index in [2.05, 4.69) is 10.5 Å². The van der Waals surface area contributed by atoms with Gasteiger partial charge in [0.15, 0.2) is 0 Å². The molecular formula is C15H16N2O5. The molecule has 2 aromatic rings. The van der Waals surface area contributed by atoms with E-state index in [-0.39, 0.29) is 23.0 Å². The molecular weight excluding hydrogens is 288 g/mol. The normalized spacial score (nSPS) is 10.5. The Balaban J connectivity index is 2.19. The van der Waals surface area contributed by atoms with Crippen LogP contribution in [0.5, 0.6) is 5.75 Å². The van der Waals surface area contributed by atoms with E-state index in [1.165, 1.54) is 25.3 Å². The third-order valence-electron chi connectivity index (χ3n) is 3.03. The van der Waals surface area contributed by atoms with Gasteiger partial charge in [-0.25, -0.2) is 4.79 Å². The minimum Gasteiger partial charge on any atom is -0.496 e. The molecule has 1 heterocycles. The number of nitrogens with zero attached hydrogens (tertiary/aromatic N) is 1. The molecule has 0 saturated carbocycles. The lowest BCUT2D eigenvalue weighted by atomic mass is 10.1. The summed E-state index contributed by atoms with van der Waals surface area (Å²) in [7, 11) is 1.36. The Labute approximate surface area is 126 Å². The molecule has 1 aromatic carbocycles. The maximum Gasteiger partial charge on any atom is 0.339 e. The number of methoxy groups -OCH3 is 1. The van der Waals surface area contributed by atoms with E-state index in [0.717, 1.165) is 0 Å². The number of anilines is 1. The third kappa shape index (κ3) is 3.25. The van der Waals surface area contributed by atoms with Gasteiger partial charge in [-0.15, -0.1) is 0 Å². The van der Waals surface area contributed by atoms with Crippen molar-refractivity contribution < 1.29 is 24.0 Å². The van der Waals surface area contributed by atoms with Crippen LogP contribution in [0.4, 0.5) is 5.69 Å². The molecule has 0 aliphatic heterocycles. The summed E-state index contributed by atoms with van der Waals surface area (Å²) in [6.07, 6.45) is 0. The minimum atomic E-state index is -1.11. The summed E-state index contributed by atoms with van der Waals surface area (Å²) < 4.78 is 9.99. The highest BCUT2D eigenvalue weighted by atomic mass is 16.5. The monoisotopic (exact) mass is 304 g/mol. The van der Waals surface area contributed by atoms with Crippen LogP contribution in [-0.4, -0.2) is 29.2 Å². The summed E-state index contributed by atoms with van der Waals surface area (Å²) >= 11 is 0. The van der Waals surface area contributed by atoms with Crippen molar-refractivity contribution in [3.63, 3.8) is 0 Å². The second-order valence-electron chi connectivity index (χ2n) is 4.95. The summed E-state index contributed by atoms with van der Waals surface area (Å²) in [6, 6.07) is 5.84. The number of carboxylic acids is 1. The number of benzene rings is 1. The van der Waals surface area contributed by atoms with Gasteiger partial charge in [0.1, 0.15) is 11.3 Å². The molecule has 2 rings (SSSR count). The van der Waals surface area contributed by atoms with Crippen molar-refractivity contribution in [3.05, 3.63) is 41.3 Å². The van der Waals surface area contributed by atoms with E-state index < -0.39 is 11.9 Å². The molecule has 1 amide bonds. The predicted octanol–water partition coefficient (Wildman–Crippen LogP) is 2.76. The Bertz CT molecular complexity index is 706. The van der Waals surface area contributed by atoms with Gasteiger partial charge in [-0.3, -0.25) is 4.79 Å². The summed E-state index contributed by atoms with van der Waals surface area (Å²) in [6.45, 7) is 3.88. The molecule has 0 radical (unpaired) electrons. The van der Waals surface area contributed by atoms with E-state index in [0.29, 0.717) is 11.4 Å². The fourth-order valence-electron chi connectivity index (χ4n) is 1.81. The lowest BCUT2D eigenvalue weighted by molar-refractivity contribution is 0.0693. The Kier molecular flexibility index (Phi) is 4.45. The molecule has 22 heavy (non-hydrogen) atoms. The number of nitrogens with one attached hydrogen (secondary N) is 1. The van der Waals surface area contributed by atoms with Gasteiger partial charge >= 0.3 is 5.97 Å². The van der Waals surface area contributed by atoms with E-state index in [9.17, 15) is 9.59 Å². The highest BCUT2D eigenvalue weighted by Gasteiger charge is 2.16. The zero-order chi connectivity index (χ0) is 16.3. The molecule has 0 bridgehead atoms. The van der Waals surface area contributed by atoms with Crippen LogP contribution < -0.4 is 10.1 Å². The summed E-state index contributed by atoms with van der Waals surface area (Å²) in [5, 5.41) is 15.4. The number of aromatic nitrogens is 1. The largest absolute Gasteiger partial charge is 0.496 e. The second-order valence-corrected chi connectivity index (χ2v) is 4.95. The number of amides is 1. The van der Waals surface area contributed by atoms with Crippen molar-refractivity contribution in [2.75, 3.05) is 12.4 Å². The number of aromatic carboxylic acids is 1. The molecule has 0 aliphatic rings. The molecule has 0 atom stereocenters. The molecule has 0 saturated heterocycles. The molecule has 7 nitrogen and oxygen atoms in total. The predicted molar refractivity (Wildman–Crippen MR) is 78.5 cm³/mol. The van der Waals surface area contributed by atoms with E-state index in [1.54, 1.807) is 6.07 Å². The number of carbonyl (C=O) groups is 2. The van der Waals surface area contributed by atoms with Crippen molar-refractivity contribution in [2.45, 2.75) is 19.8 Å². The number of hydrogen-bond acceptors (Lipinski definition) is 5.